The second-order valence-corrected chi connectivity index (χ2v) is 4.61. The van der Waals surface area contributed by atoms with Crippen molar-refractivity contribution in [3.05, 3.63) is 18.0 Å². The lowest BCUT2D eigenvalue weighted by Crippen LogP contribution is -2.32. The Morgan fingerprint density at radius 2 is 2.24 bits per heavy atom. The number of nitrogens with one attached hydrogen (secondary N) is 1. The van der Waals surface area contributed by atoms with Crippen LogP contribution in [0.4, 0.5) is 5.95 Å². The van der Waals surface area contributed by atoms with Crippen LogP contribution in [-0.4, -0.2) is 28.9 Å². The first kappa shape index (κ1) is 13.4. The lowest BCUT2D eigenvalue weighted by Gasteiger charge is -2.24. The molecule has 0 radical (unpaired) electrons. The molecule has 94 valence electrons. The number of nitrogens with zero attached hydrogens (tertiary/aromatic N) is 3. The van der Waals surface area contributed by atoms with Crippen LogP contribution < -0.4 is 10.6 Å². The van der Waals surface area contributed by atoms with Gasteiger partial charge in [-0.25, -0.2) is 9.97 Å². The fourth-order valence-electron chi connectivity index (χ4n) is 1.56. The molecule has 1 rings (SSSR count). The summed E-state index contributed by atoms with van der Waals surface area (Å²) in [6.45, 7) is 7.81. The molecule has 0 aliphatic carbocycles. The molecule has 1 heterocycles. The molecule has 0 aromatic carbocycles. The first-order valence-electron chi connectivity index (χ1n) is 5.86. The maximum atomic E-state index is 7.29. The Labute approximate surface area is 103 Å². The smallest absolute Gasteiger partial charge is 0.225 e. The average molecular weight is 235 g/mol. The SMILES string of the molecule is Cc1ccnc(N(CCC(=N)N)CC(C)C)n1. The van der Waals surface area contributed by atoms with E-state index in [1.807, 2.05) is 13.0 Å². The van der Waals surface area contributed by atoms with Crippen LogP contribution in [0.1, 0.15) is 26.0 Å². The number of anilines is 1. The molecule has 0 aliphatic rings. The highest BCUT2D eigenvalue weighted by Gasteiger charge is 2.11. The van der Waals surface area contributed by atoms with E-state index in [0.717, 1.165) is 18.2 Å². The van der Waals surface area contributed by atoms with E-state index in [9.17, 15) is 0 Å². The number of nitrogens with two attached hydrogens (primary N) is 1. The minimum atomic E-state index is 0.200. The molecule has 0 saturated heterocycles. The van der Waals surface area contributed by atoms with Crippen LogP contribution in [0.25, 0.3) is 0 Å². The first-order chi connectivity index (χ1) is 7.99. The van der Waals surface area contributed by atoms with Crippen molar-refractivity contribution in [2.45, 2.75) is 27.2 Å². The molecule has 0 unspecified atom stereocenters. The third-order valence-corrected chi connectivity index (χ3v) is 2.30. The van der Waals surface area contributed by atoms with E-state index in [2.05, 4.69) is 28.7 Å². The van der Waals surface area contributed by atoms with E-state index in [1.165, 1.54) is 0 Å². The molecular formula is C12H21N5. The van der Waals surface area contributed by atoms with Crippen LogP contribution in [0.2, 0.25) is 0 Å². The van der Waals surface area contributed by atoms with Crippen molar-refractivity contribution in [1.29, 1.82) is 5.41 Å². The van der Waals surface area contributed by atoms with Gasteiger partial charge in [0.05, 0.1) is 5.84 Å². The summed E-state index contributed by atoms with van der Waals surface area (Å²) in [7, 11) is 0. The second kappa shape index (κ2) is 6.18. The minimum absolute atomic E-state index is 0.200. The molecule has 0 saturated carbocycles. The van der Waals surface area contributed by atoms with Gasteiger partial charge >= 0.3 is 0 Å². The molecule has 1 aromatic rings. The number of hydrogen-bond acceptors (Lipinski definition) is 4. The monoisotopic (exact) mass is 235 g/mol. The lowest BCUT2D eigenvalue weighted by atomic mass is 10.2. The molecule has 5 nitrogen and oxygen atoms in total. The predicted octanol–water partition coefficient (Wildman–Crippen LogP) is 1.57. The van der Waals surface area contributed by atoms with Gasteiger partial charge in [0.15, 0.2) is 0 Å². The van der Waals surface area contributed by atoms with Crippen LogP contribution in [0, 0.1) is 18.3 Å². The van der Waals surface area contributed by atoms with Gasteiger partial charge in [0, 0.05) is 31.4 Å². The fourth-order valence-corrected chi connectivity index (χ4v) is 1.56. The Bertz CT molecular complexity index is 375. The molecule has 17 heavy (non-hydrogen) atoms. The third kappa shape index (κ3) is 4.80. The highest BCUT2D eigenvalue weighted by Crippen LogP contribution is 2.10. The van der Waals surface area contributed by atoms with Gasteiger partial charge in [0.1, 0.15) is 0 Å². The normalized spacial score (nSPS) is 10.6. The maximum Gasteiger partial charge on any atom is 0.225 e. The quantitative estimate of drug-likeness (QED) is 0.579. The van der Waals surface area contributed by atoms with E-state index in [-0.39, 0.29) is 5.84 Å². The summed E-state index contributed by atoms with van der Waals surface area (Å²) in [5.74, 6) is 1.44. The summed E-state index contributed by atoms with van der Waals surface area (Å²) in [5.41, 5.74) is 6.35. The van der Waals surface area contributed by atoms with E-state index >= 15 is 0 Å². The van der Waals surface area contributed by atoms with Crippen molar-refractivity contribution in [3.8, 4) is 0 Å². The fraction of sp³-hybridized carbons (Fsp3) is 0.583. The summed E-state index contributed by atoms with van der Waals surface area (Å²) < 4.78 is 0. The van der Waals surface area contributed by atoms with Gasteiger partial charge in [-0.05, 0) is 18.9 Å². The van der Waals surface area contributed by atoms with Crippen LogP contribution >= 0.6 is 0 Å². The number of amidine groups is 1. The molecular weight excluding hydrogens is 214 g/mol. The zero-order valence-electron chi connectivity index (χ0n) is 10.8. The molecule has 0 bridgehead atoms. The number of rotatable bonds is 6. The van der Waals surface area contributed by atoms with Crippen molar-refractivity contribution in [1.82, 2.24) is 9.97 Å². The molecule has 5 heteroatoms. The molecule has 1 aromatic heterocycles. The maximum absolute atomic E-state index is 7.29. The van der Waals surface area contributed by atoms with Crippen LogP contribution in [-0.2, 0) is 0 Å². The topological polar surface area (TPSA) is 78.9 Å². The lowest BCUT2D eigenvalue weighted by molar-refractivity contribution is 0.602. The Morgan fingerprint density at radius 1 is 1.53 bits per heavy atom. The summed E-state index contributed by atoms with van der Waals surface area (Å²) in [5, 5.41) is 7.29. The standard InChI is InChI=1S/C12H21N5/c1-9(2)8-17(7-5-11(13)14)12-15-6-4-10(3)16-12/h4,6,9H,5,7-8H2,1-3H3,(H3,13,14). The molecule has 0 atom stereocenters. The second-order valence-electron chi connectivity index (χ2n) is 4.61. The van der Waals surface area contributed by atoms with E-state index < -0.39 is 0 Å². The predicted molar refractivity (Wildman–Crippen MR) is 70.4 cm³/mol. The number of aromatic nitrogens is 2. The molecule has 0 aliphatic heterocycles. The zero-order valence-corrected chi connectivity index (χ0v) is 10.8. The van der Waals surface area contributed by atoms with Gasteiger partial charge in [-0.2, -0.15) is 0 Å². The molecule has 0 amide bonds. The summed E-state index contributed by atoms with van der Waals surface area (Å²) in [6, 6.07) is 1.88. The van der Waals surface area contributed by atoms with Crippen molar-refractivity contribution in [2.75, 3.05) is 18.0 Å². The highest BCUT2D eigenvalue weighted by molar-refractivity contribution is 5.77. The number of aryl methyl sites for hydroxylation is 1. The highest BCUT2D eigenvalue weighted by atomic mass is 15.2. The van der Waals surface area contributed by atoms with Crippen molar-refractivity contribution in [2.24, 2.45) is 11.7 Å². The number of hydrogen-bond donors (Lipinski definition) is 2. The van der Waals surface area contributed by atoms with Gasteiger partial charge < -0.3 is 10.6 Å². The van der Waals surface area contributed by atoms with Crippen molar-refractivity contribution in [3.63, 3.8) is 0 Å². The van der Waals surface area contributed by atoms with Crippen LogP contribution in [0.5, 0.6) is 0 Å². The van der Waals surface area contributed by atoms with Crippen LogP contribution in [0.15, 0.2) is 12.3 Å². The van der Waals surface area contributed by atoms with E-state index in [1.54, 1.807) is 6.20 Å². The largest absolute Gasteiger partial charge is 0.388 e. The summed E-state index contributed by atoms with van der Waals surface area (Å²) in [6.07, 6.45) is 2.31. The van der Waals surface area contributed by atoms with E-state index in [0.29, 0.717) is 18.9 Å². The van der Waals surface area contributed by atoms with Gasteiger partial charge in [-0.1, -0.05) is 13.8 Å². The first-order valence-corrected chi connectivity index (χ1v) is 5.86. The van der Waals surface area contributed by atoms with Crippen LogP contribution in [0.3, 0.4) is 0 Å². The van der Waals surface area contributed by atoms with Gasteiger partial charge in [0.25, 0.3) is 0 Å². The van der Waals surface area contributed by atoms with Gasteiger partial charge in [0.2, 0.25) is 5.95 Å². The Morgan fingerprint density at radius 3 is 2.76 bits per heavy atom. The third-order valence-electron chi connectivity index (χ3n) is 2.30. The summed E-state index contributed by atoms with van der Waals surface area (Å²) >= 11 is 0. The Kier molecular flexibility index (Phi) is 4.87. The molecule has 0 spiro atoms. The van der Waals surface area contributed by atoms with Crippen molar-refractivity contribution >= 4 is 11.8 Å². The minimum Gasteiger partial charge on any atom is -0.388 e. The molecule has 0 fully saturated rings. The van der Waals surface area contributed by atoms with E-state index in [4.69, 9.17) is 11.1 Å². The van der Waals surface area contributed by atoms with Crippen molar-refractivity contribution < 1.29 is 0 Å². The van der Waals surface area contributed by atoms with Gasteiger partial charge in [-0.3, -0.25) is 5.41 Å². The Hall–Kier alpha value is -1.65. The Balaban J connectivity index is 2.77. The molecule has 3 N–H and O–H groups in total. The summed E-state index contributed by atoms with van der Waals surface area (Å²) in [4.78, 5) is 10.8. The zero-order chi connectivity index (χ0) is 12.8. The van der Waals surface area contributed by atoms with Gasteiger partial charge in [-0.15, -0.1) is 0 Å². The average Bonchev–Trinajstić information content (AvgIpc) is 2.23.